The summed E-state index contributed by atoms with van der Waals surface area (Å²) in [7, 11) is 1.60. The van der Waals surface area contributed by atoms with E-state index in [1.807, 2.05) is 31.2 Å². The molecule has 1 fully saturated rings. The van der Waals surface area contributed by atoms with Crippen LogP contribution in [0.5, 0.6) is 5.75 Å². The van der Waals surface area contributed by atoms with Crippen LogP contribution >= 0.6 is 11.6 Å². The average molecular weight is 430 g/mol. The lowest BCUT2D eigenvalue weighted by Gasteiger charge is -2.25. The van der Waals surface area contributed by atoms with Crippen molar-refractivity contribution >= 4 is 29.4 Å². The summed E-state index contributed by atoms with van der Waals surface area (Å²) in [6.45, 7) is 1.87. The van der Waals surface area contributed by atoms with Crippen LogP contribution < -0.4 is 15.4 Å². The van der Waals surface area contributed by atoms with Crippen LogP contribution in [-0.2, 0) is 21.5 Å². The molecule has 1 saturated heterocycles. The number of halogens is 1. The van der Waals surface area contributed by atoms with Crippen molar-refractivity contribution in [3.05, 3.63) is 64.7 Å². The summed E-state index contributed by atoms with van der Waals surface area (Å²) in [5, 5.41) is 6.05. The first-order valence-electron chi connectivity index (χ1n) is 9.69. The molecule has 7 nitrogen and oxygen atoms in total. The fourth-order valence-electron chi connectivity index (χ4n) is 3.48. The summed E-state index contributed by atoms with van der Waals surface area (Å²) in [6.07, 6.45) is 0.980. The lowest BCUT2D eigenvalue weighted by molar-refractivity contribution is -0.135. The molecular weight excluding hydrogens is 406 g/mol. The van der Waals surface area contributed by atoms with Gasteiger partial charge in [-0.15, -0.1) is 0 Å². The van der Waals surface area contributed by atoms with Gasteiger partial charge in [0, 0.05) is 11.6 Å². The standard InChI is InChI=1S/C22H24ClN3O4/c1-3-22(16-6-8-17(23)9-7-16)20(28)26(21(29)25-22)14-19(27)24-13-12-15-4-10-18(30-2)11-5-15/h4-11H,3,12-14H2,1-2H3,(H,24,27)(H,25,29). The molecule has 1 aliphatic heterocycles. The minimum absolute atomic E-state index is 0.331. The van der Waals surface area contributed by atoms with Crippen molar-refractivity contribution < 1.29 is 19.1 Å². The van der Waals surface area contributed by atoms with Gasteiger partial charge in [-0.3, -0.25) is 14.5 Å². The number of urea groups is 1. The Morgan fingerprint density at radius 2 is 1.80 bits per heavy atom. The minimum atomic E-state index is -1.19. The van der Waals surface area contributed by atoms with Crippen LogP contribution in [0.3, 0.4) is 0 Å². The zero-order valence-corrected chi connectivity index (χ0v) is 17.7. The second-order valence-electron chi connectivity index (χ2n) is 7.04. The molecule has 2 aromatic rings. The van der Waals surface area contributed by atoms with Crippen LogP contribution in [-0.4, -0.2) is 42.9 Å². The lowest BCUT2D eigenvalue weighted by atomic mass is 9.87. The quantitative estimate of drug-likeness (QED) is 0.631. The van der Waals surface area contributed by atoms with Crippen LogP contribution in [0.1, 0.15) is 24.5 Å². The van der Waals surface area contributed by atoms with E-state index in [0.717, 1.165) is 16.2 Å². The molecule has 1 heterocycles. The largest absolute Gasteiger partial charge is 0.497 e. The fourth-order valence-corrected chi connectivity index (χ4v) is 3.61. The summed E-state index contributed by atoms with van der Waals surface area (Å²) >= 11 is 5.94. The van der Waals surface area contributed by atoms with Crippen molar-refractivity contribution in [2.75, 3.05) is 20.2 Å². The Labute approximate surface area is 180 Å². The zero-order valence-electron chi connectivity index (χ0n) is 16.9. The van der Waals surface area contributed by atoms with Gasteiger partial charge in [0.05, 0.1) is 7.11 Å². The Hall–Kier alpha value is -3.06. The topological polar surface area (TPSA) is 87.7 Å². The maximum absolute atomic E-state index is 13.1. The highest BCUT2D eigenvalue weighted by Gasteiger charge is 2.51. The Balaban J connectivity index is 1.60. The number of methoxy groups -OCH3 is 1. The van der Waals surface area contributed by atoms with Crippen molar-refractivity contribution in [3.63, 3.8) is 0 Å². The maximum atomic E-state index is 13.1. The van der Waals surface area contributed by atoms with E-state index in [2.05, 4.69) is 10.6 Å². The number of rotatable bonds is 8. The molecule has 30 heavy (non-hydrogen) atoms. The third kappa shape index (κ3) is 4.41. The van der Waals surface area contributed by atoms with Crippen molar-refractivity contribution in [1.82, 2.24) is 15.5 Å². The van der Waals surface area contributed by atoms with Crippen molar-refractivity contribution in [2.24, 2.45) is 0 Å². The van der Waals surface area contributed by atoms with E-state index in [1.54, 1.807) is 31.4 Å². The first kappa shape index (κ1) is 21.6. The van der Waals surface area contributed by atoms with Gasteiger partial charge in [-0.2, -0.15) is 0 Å². The van der Waals surface area contributed by atoms with E-state index in [1.165, 1.54) is 0 Å². The first-order chi connectivity index (χ1) is 14.4. The number of hydrogen-bond acceptors (Lipinski definition) is 4. The Morgan fingerprint density at radius 1 is 1.13 bits per heavy atom. The van der Waals surface area contributed by atoms with E-state index in [9.17, 15) is 14.4 Å². The monoisotopic (exact) mass is 429 g/mol. The van der Waals surface area contributed by atoms with Gasteiger partial charge in [-0.05, 0) is 48.2 Å². The van der Waals surface area contributed by atoms with Crippen LogP contribution in [0.25, 0.3) is 0 Å². The van der Waals surface area contributed by atoms with Crippen molar-refractivity contribution in [2.45, 2.75) is 25.3 Å². The second-order valence-corrected chi connectivity index (χ2v) is 7.47. The second kappa shape index (κ2) is 9.17. The van der Waals surface area contributed by atoms with Crippen molar-refractivity contribution in [1.29, 1.82) is 0 Å². The minimum Gasteiger partial charge on any atom is -0.497 e. The Morgan fingerprint density at radius 3 is 2.40 bits per heavy atom. The number of hydrogen-bond donors (Lipinski definition) is 2. The van der Waals surface area contributed by atoms with Gasteiger partial charge in [0.15, 0.2) is 0 Å². The van der Waals surface area contributed by atoms with Gasteiger partial charge >= 0.3 is 6.03 Å². The van der Waals surface area contributed by atoms with Gasteiger partial charge < -0.3 is 15.4 Å². The normalized spacial score (nSPS) is 18.3. The molecule has 4 amide bonds. The molecule has 1 atom stereocenters. The average Bonchev–Trinajstić information content (AvgIpc) is 3.00. The SMILES string of the molecule is CCC1(c2ccc(Cl)cc2)NC(=O)N(CC(=O)NCCc2ccc(OC)cc2)C1=O. The number of amides is 4. The van der Waals surface area contributed by atoms with Gasteiger partial charge in [0.25, 0.3) is 5.91 Å². The number of carbonyl (C=O) groups excluding carboxylic acids is 3. The molecule has 0 saturated carbocycles. The predicted octanol–water partition coefficient (Wildman–Crippen LogP) is 2.86. The van der Waals surface area contributed by atoms with E-state index >= 15 is 0 Å². The summed E-state index contributed by atoms with van der Waals surface area (Å²) < 4.78 is 5.12. The van der Waals surface area contributed by atoms with Crippen LogP contribution in [0.4, 0.5) is 4.79 Å². The molecule has 8 heteroatoms. The van der Waals surface area contributed by atoms with Crippen molar-refractivity contribution in [3.8, 4) is 5.75 Å². The first-order valence-corrected chi connectivity index (χ1v) is 10.1. The lowest BCUT2D eigenvalue weighted by Crippen LogP contribution is -2.45. The number of benzene rings is 2. The molecule has 0 spiro atoms. The molecule has 0 bridgehead atoms. The molecule has 0 aliphatic carbocycles. The number of imide groups is 1. The molecule has 158 valence electrons. The highest BCUT2D eigenvalue weighted by molar-refractivity contribution is 6.30. The number of nitrogens with zero attached hydrogens (tertiary/aromatic N) is 1. The summed E-state index contributed by atoms with van der Waals surface area (Å²) in [6, 6.07) is 13.7. The molecule has 0 aromatic heterocycles. The zero-order chi connectivity index (χ0) is 21.7. The molecule has 0 radical (unpaired) electrons. The molecular formula is C22H24ClN3O4. The molecule has 1 aliphatic rings. The number of nitrogens with one attached hydrogen (secondary N) is 2. The molecule has 2 aromatic carbocycles. The fraction of sp³-hybridized carbons (Fsp3) is 0.318. The Kier molecular flexibility index (Phi) is 6.62. The molecule has 2 N–H and O–H groups in total. The smallest absolute Gasteiger partial charge is 0.325 e. The third-order valence-corrected chi connectivity index (χ3v) is 5.49. The highest BCUT2D eigenvalue weighted by atomic mass is 35.5. The van der Waals surface area contributed by atoms with Crippen LogP contribution in [0, 0.1) is 0 Å². The van der Waals surface area contributed by atoms with Gasteiger partial charge in [0.1, 0.15) is 17.8 Å². The van der Waals surface area contributed by atoms with Gasteiger partial charge in [-0.1, -0.05) is 42.8 Å². The highest BCUT2D eigenvalue weighted by Crippen LogP contribution is 2.32. The van der Waals surface area contributed by atoms with E-state index in [-0.39, 0.29) is 6.54 Å². The van der Waals surface area contributed by atoms with Gasteiger partial charge in [-0.25, -0.2) is 4.79 Å². The van der Waals surface area contributed by atoms with E-state index < -0.39 is 23.4 Å². The summed E-state index contributed by atoms with van der Waals surface area (Å²) in [5.41, 5.74) is 0.486. The summed E-state index contributed by atoms with van der Waals surface area (Å²) in [5.74, 6) is -0.0703. The maximum Gasteiger partial charge on any atom is 0.325 e. The predicted molar refractivity (Wildman–Crippen MR) is 113 cm³/mol. The van der Waals surface area contributed by atoms with E-state index in [0.29, 0.717) is 30.0 Å². The summed E-state index contributed by atoms with van der Waals surface area (Å²) in [4.78, 5) is 38.8. The van der Waals surface area contributed by atoms with E-state index in [4.69, 9.17) is 16.3 Å². The number of ether oxygens (including phenoxy) is 1. The number of carbonyl (C=O) groups is 3. The van der Waals surface area contributed by atoms with Crippen LogP contribution in [0.15, 0.2) is 48.5 Å². The molecule has 1 unspecified atom stereocenters. The van der Waals surface area contributed by atoms with Crippen LogP contribution in [0.2, 0.25) is 5.02 Å². The van der Waals surface area contributed by atoms with Gasteiger partial charge in [0.2, 0.25) is 5.91 Å². The third-order valence-electron chi connectivity index (χ3n) is 5.24. The molecule has 3 rings (SSSR count). The Bertz CT molecular complexity index is 930.